The molecule has 3 rings (SSSR count). The Morgan fingerprint density at radius 2 is 1.90 bits per heavy atom. The second-order valence-corrected chi connectivity index (χ2v) is 4.88. The van der Waals surface area contributed by atoms with Gasteiger partial charge in [0.25, 0.3) is 5.89 Å². The van der Waals surface area contributed by atoms with E-state index in [0.29, 0.717) is 23.2 Å². The number of aromatic nitrogens is 2. The Balaban J connectivity index is 1.82. The van der Waals surface area contributed by atoms with E-state index in [1.807, 2.05) is 36.4 Å². The summed E-state index contributed by atoms with van der Waals surface area (Å²) in [6.45, 7) is 0. The van der Waals surface area contributed by atoms with Crippen molar-refractivity contribution < 1.29 is 4.52 Å². The summed E-state index contributed by atoms with van der Waals surface area (Å²) < 4.78 is 5.26. The Kier molecular flexibility index (Phi) is 3.39. The average molecular weight is 286 g/mol. The summed E-state index contributed by atoms with van der Waals surface area (Å²) in [7, 11) is 0. The Morgan fingerprint density at radius 3 is 2.65 bits per heavy atom. The van der Waals surface area contributed by atoms with E-state index in [0.717, 1.165) is 16.8 Å². The van der Waals surface area contributed by atoms with Crippen molar-refractivity contribution in [3.05, 3.63) is 64.9 Å². The molecule has 0 unspecified atom stereocenters. The molecule has 3 aromatic rings. The van der Waals surface area contributed by atoms with Crippen LogP contribution in [0.15, 0.2) is 53.1 Å². The van der Waals surface area contributed by atoms with Crippen LogP contribution >= 0.6 is 11.6 Å². The van der Waals surface area contributed by atoms with Crippen molar-refractivity contribution in [2.45, 2.75) is 6.42 Å². The third kappa shape index (κ3) is 2.81. The monoisotopic (exact) mass is 285 g/mol. The van der Waals surface area contributed by atoms with Gasteiger partial charge in [-0.15, -0.1) is 0 Å². The molecule has 1 aromatic heterocycles. The number of nitrogens with two attached hydrogens (primary N) is 1. The predicted molar refractivity (Wildman–Crippen MR) is 78.4 cm³/mol. The van der Waals surface area contributed by atoms with E-state index < -0.39 is 0 Å². The molecule has 0 atom stereocenters. The first kappa shape index (κ1) is 12.7. The molecular formula is C15H12ClN3O. The molecular weight excluding hydrogens is 274 g/mol. The second kappa shape index (κ2) is 5.35. The van der Waals surface area contributed by atoms with Crippen LogP contribution in [-0.2, 0) is 6.42 Å². The third-order valence-corrected chi connectivity index (χ3v) is 3.12. The van der Waals surface area contributed by atoms with Crippen molar-refractivity contribution in [2.75, 3.05) is 5.73 Å². The molecule has 2 aromatic carbocycles. The fourth-order valence-electron chi connectivity index (χ4n) is 1.88. The zero-order chi connectivity index (χ0) is 13.9. The van der Waals surface area contributed by atoms with Crippen molar-refractivity contribution in [2.24, 2.45) is 0 Å². The van der Waals surface area contributed by atoms with Gasteiger partial charge in [0.2, 0.25) is 0 Å². The Hall–Kier alpha value is -2.33. The fraction of sp³-hybridized carbons (Fsp3) is 0.0667. The normalized spacial score (nSPS) is 10.7. The first-order chi connectivity index (χ1) is 9.70. The van der Waals surface area contributed by atoms with E-state index >= 15 is 0 Å². The molecule has 0 aliphatic carbocycles. The van der Waals surface area contributed by atoms with Crippen LogP contribution in [0.5, 0.6) is 0 Å². The molecule has 0 saturated heterocycles. The van der Waals surface area contributed by atoms with Crippen molar-refractivity contribution in [1.82, 2.24) is 10.1 Å². The lowest BCUT2D eigenvalue weighted by molar-refractivity contribution is 0.424. The van der Waals surface area contributed by atoms with Crippen LogP contribution in [0.2, 0.25) is 5.02 Å². The van der Waals surface area contributed by atoms with Gasteiger partial charge in [-0.25, -0.2) is 0 Å². The molecule has 100 valence electrons. The molecule has 0 spiro atoms. The number of benzene rings is 2. The minimum Gasteiger partial charge on any atom is -0.399 e. The number of hydrogen-bond donors (Lipinski definition) is 1. The lowest BCUT2D eigenvalue weighted by Crippen LogP contribution is -1.92. The maximum atomic E-state index is 5.94. The minimum absolute atomic E-state index is 0.470. The van der Waals surface area contributed by atoms with Crippen LogP contribution in [0.3, 0.4) is 0 Å². The summed E-state index contributed by atoms with van der Waals surface area (Å²) in [4.78, 5) is 4.37. The molecule has 1 heterocycles. The first-order valence-electron chi connectivity index (χ1n) is 6.14. The van der Waals surface area contributed by atoms with Crippen molar-refractivity contribution in [3.63, 3.8) is 0 Å². The number of anilines is 1. The van der Waals surface area contributed by atoms with Gasteiger partial charge in [0.15, 0.2) is 5.82 Å². The van der Waals surface area contributed by atoms with E-state index in [1.165, 1.54) is 0 Å². The van der Waals surface area contributed by atoms with Crippen molar-refractivity contribution in [3.8, 4) is 11.5 Å². The zero-order valence-corrected chi connectivity index (χ0v) is 11.3. The Labute approximate surface area is 121 Å². The highest BCUT2D eigenvalue weighted by molar-refractivity contribution is 6.30. The quantitative estimate of drug-likeness (QED) is 0.747. The standard InChI is InChI=1S/C15H12ClN3O/c16-12-3-1-2-11(9-12)15-18-14(19-20-15)8-10-4-6-13(17)7-5-10/h1-7,9H,8,17H2. The van der Waals surface area contributed by atoms with E-state index in [4.69, 9.17) is 21.9 Å². The highest BCUT2D eigenvalue weighted by Crippen LogP contribution is 2.21. The predicted octanol–water partition coefficient (Wildman–Crippen LogP) is 3.56. The Morgan fingerprint density at radius 1 is 1.10 bits per heavy atom. The van der Waals surface area contributed by atoms with Crippen LogP contribution in [0, 0.1) is 0 Å². The molecule has 4 nitrogen and oxygen atoms in total. The van der Waals surface area contributed by atoms with Gasteiger partial charge in [-0.2, -0.15) is 4.98 Å². The fourth-order valence-corrected chi connectivity index (χ4v) is 2.07. The van der Waals surface area contributed by atoms with Crippen molar-refractivity contribution in [1.29, 1.82) is 0 Å². The summed E-state index contributed by atoms with van der Waals surface area (Å²) in [6.07, 6.45) is 0.602. The number of halogens is 1. The van der Waals surface area contributed by atoms with E-state index in [-0.39, 0.29) is 0 Å². The van der Waals surface area contributed by atoms with Gasteiger partial charge >= 0.3 is 0 Å². The molecule has 0 amide bonds. The highest BCUT2D eigenvalue weighted by atomic mass is 35.5. The largest absolute Gasteiger partial charge is 0.399 e. The summed E-state index contributed by atoms with van der Waals surface area (Å²) in [5.74, 6) is 1.10. The zero-order valence-electron chi connectivity index (χ0n) is 10.6. The third-order valence-electron chi connectivity index (χ3n) is 2.88. The lowest BCUT2D eigenvalue weighted by Gasteiger charge is -1.97. The molecule has 0 radical (unpaired) electrons. The van der Waals surface area contributed by atoms with E-state index in [2.05, 4.69) is 10.1 Å². The summed E-state index contributed by atoms with van der Waals surface area (Å²) >= 11 is 5.94. The first-order valence-corrected chi connectivity index (χ1v) is 6.51. The SMILES string of the molecule is Nc1ccc(Cc2noc(-c3cccc(Cl)c3)n2)cc1. The summed E-state index contributed by atoms with van der Waals surface area (Å²) in [6, 6.07) is 14.9. The van der Waals surface area contributed by atoms with Gasteiger partial charge in [0.05, 0.1) is 0 Å². The Bertz CT molecular complexity index is 722. The summed E-state index contributed by atoms with van der Waals surface area (Å²) in [5, 5.41) is 4.62. The smallest absolute Gasteiger partial charge is 0.257 e. The lowest BCUT2D eigenvalue weighted by atomic mass is 10.1. The number of rotatable bonds is 3. The number of nitrogens with zero attached hydrogens (tertiary/aromatic N) is 2. The van der Waals surface area contributed by atoms with Gasteiger partial charge in [0, 0.05) is 22.7 Å². The highest BCUT2D eigenvalue weighted by Gasteiger charge is 2.09. The van der Waals surface area contributed by atoms with Gasteiger partial charge in [-0.1, -0.05) is 35.0 Å². The molecule has 0 aliphatic rings. The molecule has 0 aliphatic heterocycles. The van der Waals surface area contributed by atoms with Gasteiger partial charge in [-0.3, -0.25) is 0 Å². The second-order valence-electron chi connectivity index (χ2n) is 4.44. The molecule has 2 N–H and O–H groups in total. The molecule has 0 saturated carbocycles. The van der Waals surface area contributed by atoms with Crippen LogP contribution in [0.1, 0.15) is 11.4 Å². The van der Waals surface area contributed by atoms with Gasteiger partial charge in [-0.05, 0) is 35.9 Å². The molecule has 20 heavy (non-hydrogen) atoms. The molecule has 5 heteroatoms. The molecule has 0 bridgehead atoms. The van der Waals surface area contributed by atoms with Crippen LogP contribution in [0.25, 0.3) is 11.5 Å². The van der Waals surface area contributed by atoms with E-state index in [9.17, 15) is 0 Å². The molecule has 0 fully saturated rings. The maximum absolute atomic E-state index is 5.94. The van der Waals surface area contributed by atoms with Gasteiger partial charge < -0.3 is 10.3 Å². The average Bonchev–Trinajstić information content (AvgIpc) is 2.90. The van der Waals surface area contributed by atoms with Crippen molar-refractivity contribution >= 4 is 17.3 Å². The summed E-state index contributed by atoms with van der Waals surface area (Å²) in [5.41, 5.74) is 8.28. The maximum Gasteiger partial charge on any atom is 0.257 e. The topological polar surface area (TPSA) is 64.9 Å². The minimum atomic E-state index is 0.470. The van der Waals surface area contributed by atoms with Gasteiger partial charge in [0.1, 0.15) is 0 Å². The van der Waals surface area contributed by atoms with Crippen LogP contribution in [0.4, 0.5) is 5.69 Å². The number of nitrogen functional groups attached to an aromatic ring is 1. The number of hydrogen-bond acceptors (Lipinski definition) is 4. The van der Waals surface area contributed by atoms with E-state index in [1.54, 1.807) is 12.1 Å². The van der Waals surface area contributed by atoms with Crippen LogP contribution < -0.4 is 5.73 Å². The van der Waals surface area contributed by atoms with Crippen LogP contribution in [-0.4, -0.2) is 10.1 Å².